The number of urea groups is 1. The number of amides is 2. The van der Waals surface area contributed by atoms with Gasteiger partial charge in [0.25, 0.3) is 0 Å². The van der Waals surface area contributed by atoms with Crippen molar-refractivity contribution in [3.05, 3.63) is 0 Å². The Bertz CT molecular complexity index is 301. The highest BCUT2D eigenvalue weighted by Crippen LogP contribution is 2.36. The summed E-state index contributed by atoms with van der Waals surface area (Å²) in [7, 11) is 0. The second kappa shape index (κ2) is 5.47. The summed E-state index contributed by atoms with van der Waals surface area (Å²) in [5, 5.41) is 2.11. The van der Waals surface area contributed by atoms with Crippen LogP contribution in [0, 0.1) is 5.92 Å². The molecule has 4 heteroatoms. The van der Waals surface area contributed by atoms with Gasteiger partial charge in [-0.3, -0.25) is 5.43 Å². The minimum absolute atomic E-state index is 0.159. The smallest absolute Gasteiger partial charge is 0.320 e. The summed E-state index contributed by atoms with van der Waals surface area (Å²) in [6.45, 7) is 3.01. The number of likely N-dealkylation sites (tertiary alicyclic amines) is 1. The van der Waals surface area contributed by atoms with Crippen LogP contribution in [-0.4, -0.2) is 41.6 Å². The van der Waals surface area contributed by atoms with Crippen molar-refractivity contribution in [2.24, 2.45) is 5.92 Å². The van der Waals surface area contributed by atoms with E-state index in [2.05, 4.69) is 15.3 Å². The summed E-state index contributed by atoms with van der Waals surface area (Å²) in [6.07, 6.45) is 10.2. The molecule has 2 atom stereocenters. The molecule has 18 heavy (non-hydrogen) atoms. The number of fused-ring (bicyclic) bond motifs is 1. The van der Waals surface area contributed by atoms with Crippen molar-refractivity contribution in [2.45, 2.75) is 57.4 Å². The van der Waals surface area contributed by atoms with Crippen LogP contribution in [0.25, 0.3) is 0 Å². The molecule has 4 nitrogen and oxygen atoms in total. The lowest BCUT2D eigenvalue weighted by atomic mass is 9.85. The molecular weight excluding hydrogens is 226 g/mol. The molecule has 2 aliphatic heterocycles. The molecule has 2 heterocycles. The Labute approximate surface area is 110 Å². The Hall–Kier alpha value is -0.770. The fourth-order valence-electron chi connectivity index (χ4n) is 3.86. The second-order valence-corrected chi connectivity index (χ2v) is 6.06. The van der Waals surface area contributed by atoms with Crippen LogP contribution in [0.3, 0.4) is 0 Å². The van der Waals surface area contributed by atoms with Crippen molar-refractivity contribution in [3.63, 3.8) is 0 Å². The Balaban J connectivity index is 1.55. The van der Waals surface area contributed by atoms with E-state index in [0.717, 1.165) is 25.6 Å². The standard InChI is InChI=1S/C14H25N3O/c18-14(15-16-9-4-1-5-10-16)17-11-8-12-6-2-3-7-13(12)17/h12-13H,1-11H2,(H,15,18). The molecule has 1 saturated carbocycles. The topological polar surface area (TPSA) is 35.6 Å². The maximum Gasteiger partial charge on any atom is 0.332 e. The zero-order valence-corrected chi connectivity index (χ0v) is 11.2. The van der Waals surface area contributed by atoms with Gasteiger partial charge in [0.2, 0.25) is 0 Å². The van der Waals surface area contributed by atoms with Gasteiger partial charge in [-0.1, -0.05) is 19.3 Å². The predicted octanol–water partition coefficient (Wildman–Crippen LogP) is 2.36. The van der Waals surface area contributed by atoms with Gasteiger partial charge < -0.3 is 4.90 Å². The highest BCUT2D eigenvalue weighted by atomic mass is 16.2. The third kappa shape index (κ3) is 2.48. The zero-order chi connectivity index (χ0) is 12.4. The minimum Gasteiger partial charge on any atom is -0.320 e. The largest absolute Gasteiger partial charge is 0.332 e. The van der Waals surface area contributed by atoms with Gasteiger partial charge in [0.1, 0.15) is 0 Å². The second-order valence-electron chi connectivity index (χ2n) is 6.06. The summed E-state index contributed by atoms with van der Waals surface area (Å²) in [5.74, 6) is 0.783. The Kier molecular flexibility index (Phi) is 3.73. The fraction of sp³-hybridized carbons (Fsp3) is 0.929. The number of piperidine rings is 1. The van der Waals surface area contributed by atoms with E-state index < -0.39 is 0 Å². The first-order valence-electron chi connectivity index (χ1n) is 7.67. The number of hydrogen-bond acceptors (Lipinski definition) is 2. The molecule has 0 aromatic carbocycles. The van der Waals surface area contributed by atoms with Gasteiger partial charge in [0.15, 0.2) is 0 Å². The molecule has 102 valence electrons. The molecule has 3 fully saturated rings. The third-order valence-corrected chi connectivity index (χ3v) is 4.88. The van der Waals surface area contributed by atoms with E-state index in [1.807, 2.05) is 0 Å². The van der Waals surface area contributed by atoms with Crippen LogP contribution in [0.4, 0.5) is 4.79 Å². The number of nitrogens with zero attached hydrogens (tertiary/aromatic N) is 2. The number of hydrazine groups is 1. The lowest BCUT2D eigenvalue weighted by molar-refractivity contribution is 0.118. The van der Waals surface area contributed by atoms with Crippen molar-refractivity contribution in [1.82, 2.24) is 15.3 Å². The molecule has 3 rings (SSSR count). The minimum atomic E-state index is 0.159. The van der Waals surface area contributed by atoms with Gasteiger partial charge in [-0.15, -0.1) is 0 Å². The molecule has 1 N–H and O–H groups in total. The first-order valence-corrected chi connectivity index (χ1v) is 7.67. The van der Waals surface area contributed by atoms with Crippen LogP contribution in [0.1, 0.15) is 51.4 Å². The Morgan fingerprint density at radius 2 is 1.67 bits per heavy atom. The van der Waals surface area contributed by atoms with Crippen LogP contribution in [0.5, 0.6) is 0 Å². The quantitative estimate of drug-likeness (QED) is 0.776. The summed E-state index contributed by atoms with van der Waals surface area (Å²) >= 11 is 0. The molecule has 3 aliphatic rings. The molecule has 0 radical (unpaired) electrons. The molecule has 0 aromatic heterocycles. The van der Waals surface area contributed by atoms with E-state index in [-0.39, 0.29) is 6.03 Å². The van der Waals surface area contributed by atoms with E-state index in [1.165, 1.54) is 51.4 Å². The SMILES string of the molecule is O=C(NN1CCCCC1)N1CCC2CCCCC21. The maximum absolute atomic E-state index is 12.3. The molecule has 2 amide bonds. The first kappa shape index (κ1) is 12.3. The van der Waals surface area contributed by atoms with Crippen molar-refractivity contribution < 1.29 is 4.79 Å². The highest BCUT2D eigenvalue weighted by molar-refractivity contribution is 5.74. The average Bonchev–Trinajstić information content (AvgIpc) is 2.84. The van der Waals surface area contributed by atoms with Gasteiger partial charge in [0.05, 0.1) is 0 Å². The van der Waals surface area contributed by atoms with Gasteiger partial charge in [-0.05, 0) is 38.0 Å². The first-order chi connectivity index (χ1) is 8.84. The van der Waals surface area contributed by atoms with E-state index in [4.69, 9.17) is 0 Å². The monoisotopic (exact) mass is 251 g/mol. The number of carbonyl (C=O) groups excluding carboxylic acids is 1. The molecule has 1 aliphatic carbocycles. The van der Waals surface area contributed by atoms with Crippen molar-refractivity contribution in [3.8, 4) is 0 Å². The maximum atomic E-state index is 12.3. The van der Waals surface area contributed by atoms with Gasteiger partial charge >= 0.3 is 6.03 Å². The molecule has 2 unspecified atom stereocenters. The molecule has 0 spiro atoms. The van der Waals surface area contributed by atoms with Crippen LogP contribution >= 0.6 is 0 Å². The van der Waals surface area contributed by atoms with Gasteiger partial charge in [0, 0.05) is 25.7 Å². The number of carbonyl (C=O) groups is 1. The van der Waals surface area contributed by atoms with Crippen molar-refractivity contribution >= 4 is 6.03 Å². The van der Waals surface area contributed by atoms with E-state index in [9.17, 15) is 4.79 Å². The molecular formula is C14H25N3O. The van der Waals surface area contributed by atoms with E-state index >= 15 is 0 Å². The third-order valence-electron chi connectivity index (χ3n) is 4.88. The Morgan fingerprint density at radius 3 is 2.50 bits per heavy atom. The number of hydrogen-bond donors (Lipinski definition) is 1. The van der Waals surface area contributed by atoms with E-state index in [1.54, 1.807) is 0 Å². The summed E-state index contributed by atoms with van der Waals surface area (Å²) in [4.78, 5) is 14.5. The van der Waals surface area contributed by atoms with E-state index in [0.29, 0.717) is 6.04 Å². The summed E-state index contributed by atoms with van der Waals surface area (Å²) < 4.78 is 0. The van der Waals surface area contributed by atoms with Crippen LogP contribution in [0.15, 0.2) is 0 Å². The van der Waals surface area contributed by atoms with Gasteiger partial charge in [-0.25, -0.2) is 9.80 Å². The van der Waals surface area contributed by atoms with Gasteiger partial charge in [-0.2, -0.15) is 0 Å². The predicted molar refractivity (Wildman–Crippen MR) is 71.0 cm³/mol. The highest BCUT2D eigenvalue weighted by Gasteiger charge is 2.38. The number of rotatable bonds is 1. The Morgan fingerprint density at radius 1 is 0.889 bits per heavy atom. The van der Waals surface area contributed by atoms with Crippen LogP contribution in [0.2, 0.25) is 0 Å². The van der Waals surface area contributed by atoms with Crippen LogP contribution < -0.4 is 5.43 Å². The summed E-state index contributed by atoms with van der Waals surface area (Å²) in [6, 6.07) is 0.690. The normalized spacial score (nSPS) is 33.2. The van der Waals surface area contributed by atoms with Crippen molar-refractivity contribution in [1.29, 1.82) is 0 Å². The lowest BCUT2D eigenvalue weighted by Gasteiger charge is -2.34. The fourth-order valence-corrected chi connectivity index (χ4v) is 3.86. The lowest BCUT2D eigenvalue weighted by Crippen LogP contribution is -2.52. The van der Waals surface area contributed by atoms with Crippen molar-refractivity contribution in [2.75, 3.05) is 19.6 Å². The van der Waals surface area contributed by atoms with Crippen LogP contribution in [-0.2, 0) is 0 Å². The number of nitrogens with one attached hydrogen (secondary N) is 1. The zero-order valence-electron chi connectivity index (χ0n) is 11.2. The summed E-state index contributed by atoms with van der Waals surface area (Å²) in [5.41, 5.74) is 3.11. The molecule has 0 bridgehead atoms. The average molecular weight is 251 g/mol. The molecule has 0 aromatic rings. The molecule has 2 saturated heterocycles.